The van der Waals surface area contributed by atoms with E-state index in [1.54, 1.807) is 6.07 Å². The van der Waals surface area contributed by atoms with Crippen molar-refractivity contribution in [3.8, 4) is 11.5 Å². The quantitative estimate of drug-likeness (QED) is 0.473. The highest BCUT2D eigenvalue weighted by Gasteiger charge is 2.29. The summed E-state index contributed by atoms with van der Waals surface area (Å²) in [6.07, 6.45) is 1.92. The number of carbonyl (C=O) groups is 2. The van der Waals surface area contributed by atoms with Gasteiger partial charge in [0.25, 0.3) is 0 Å². The molecule has 3 N–H and O–H groups in total. The van der Waals surface area contributed by atoms with Crippen LogP contribution < -0.4 is 20.7 Å². The van der Waals surface area contributed by atoms with Gasteiger partial charge in [0.2, 0.25) is 11.8 Å². The van der Waals surface area contributed by atoms with E-state index < -0.39 is 0 Å². The fourth-order valence-corrected chi connectivity index (χ4v) is 3.12. The fraction of sp³-hybridized carbons (Fsp3) is 0.200. The van der Waals surface area contributed by atoms with Gasteiger partial charge in [-0.15, -0.1) is 0 Å². The van der Waals surface area contributed by atoms with Crippen molar-refractivity contribution in [3.63, 3.8) is 0 Å². The minimum atomic E-state index is -0.177. The topological polar surface area (TPSA) is 79.5 Å². The van der Waals surface area contributed by atoms with E-state index in [9.17, 15) is 9.59 Å². The molecule has 1 aliphatic carbocycles. The summed E-state index contributed by atoms with van der Waals surface area (Å²) in [5.41, 5.74) is 3.19. The van der Waals surface area contributed by atoms with Crippen LogP contribution in [0.25, 0.3) is 0 Å². The second-order valence-corrected chi connectivity index (χ2v) is 7.64. The molecule has 4 rings (SSSR count). The van der Waals surface area contributed by atoms with Crippen LogP contribution in [0.4, 0.5) is 17.1 Å². The number of para-hydroxylation sites is 1. The van der Waals surface area contributed by atoms with Gasteiger partial charge in [0, 0.05) is 29.0 Å². The zero-order chi connectivity index (χ0) is 21.6. The van der Waals surface area contributed by atoms with Crippen molar-refractivity contribution >= 4 is 28.9 Å². The van der Waals surface area contributed by atoms with Crippen LogP contribution in [0.5, 0.6) is 11.5 Å². The molecule has 0 bridgehead atoms. The zero-order valence-electron chi connectivity index (χ0n) is 17.4. The van der Waals surface area contributed by atoms with Gasteiger partial charge >= 0.3 is 0 Å². The Kier molecular flexibility index (Phi) is 6.17. The third-order valence-electron chi connectivity index (χ3n) is 4.99. The molecule has 31 heavy (non-hydrogen) atoms. The number of hydrogen-bond acceptors (Lipinski definition) is 4. The Morgan fingerprint density at radius 2 is 1.61 bits per heavy atom. The number of nitrogens with one attached hydrogen (secondary N) is 3. The number of anilines is 3. The highest BCUT2D eigenvalue weighted by molar-refractivity contribution is 5.95. The van der Waals surface area contributed by atoms with Crippen LogP contribution in [0, 0.1) is 12.8 Å². The van der Waals surface area contributed by atoms with Crippen molar-refractivity contribution in [2.45, 2.75) is 19.8 Å². The Labute approximate surface area is 181 Å². The van der Waals surface area contributed by atoms with Crippen molar-refractivity contribution in [1.82, 2.24) is 0 Å². The fourth-order valence-electron chi connectivity index (χ4n) is 3.12. The Balaban J connectivity index is 1.33. The van der Waals surface area contributed by atoms with E-state index in [0.29, 0.717) is 11.4 Å². The van der Waals surface area contributed by atoms with Crippen molar-refractivity contribution in [2.75, 3.05) is 22.5 Å². The first kappa shape index (κ1) is 20.5. The molecule has 1 aliphatic rings. The maximum Gasteiger partial charge on any atom is 0.243 e. The average molecular weight is 415 g/mol. The first-order chi connectivity index (χ1) is 15.1. The molecule has 0 heterocycles. The first-order valence-corrected chi connectivity index (χ1v) is 10.3. The summed E-state index contributed by atoms with van der Waals surface area (Å²) in [5.74, 6) is 1.41. The number of carbonyl (C=O) groups excluding carboxylic acids is 2. The highest BCUT2D eigenvalue weighted by atomic mass is 16.5. The Hall–Kier alpha value is -3.80. The number of amides is 2. The second kappa shape index (κ2) is 9.34. The predicted molar refractivity (Wildman–Crippen MR) is 123 cm³/mol. The molecule has 0 radical (unpaired) electrons. The van der Waals surface area contributed by atoms with E-state index >= 15 is 0 Å². The summed E-state index contributed by atoms with van der Waals surface area (Å²) in [6.45, 7) is 2.06. The molecule has 0 atom stereocenters. The molecule has 2 amide bonds. The minimum Gasteiger partial charge on any atom is -0.457 e. The van der Waals surface area contributed by atoms with Gasteiger partial charge in [-0.05, 0) is 61.7 Å². The van der Waals surface area contributed by atoms with Crippen LogP contribution in [-0.4, -0.2) is 18.4 Å². The molecule has 1 saturated carbocycles. The van der Waals surface area contributed by atoms with Crippen molar-refractivity contribution < 1.29 is 14.3 Å². The third-order valence-corrected chi connectivity index (χ3v) is 4.99. The van der Waals surface area contributed by atoms with Gasteiger partial charge in [-0.3, -0.25) is 9.59 Å². The molecule has 3 aromatic rings. The summed E-state index contributed by atoms with van der Waals surface area (Å²) in [4.78, 5) is 24.4. The van der Waals surface area contributed by atoms with Gasteiger partial charge < -0.3 is 20.7 Å². The van der Waals surface area contributed by atoms with Crippen LogP contribution in [0.2, 0.25) is 0 Å². The van der Waals surface area contributed by atoms with Crippen molar-refractivity contribution in [3.05, 3.63) is 78.4 Å². The Morgan fingerprint density at radius 3 is 2.39 bits per heavy atom. The number of aryl methyl sites for hydroxylation is 1. The molecule has 1 fully saturated rings. The van der Waals surface area contributed by atoms with Gasteiger partial charge in [0.15, 0.2) is 0 Å². The SMILES string of the molecule is Cc1ccc(NC(=O)C2CC2)cc1NCC(=O)Nc1cccc(Oc2ccccc2)c1. The second-order valence-electron chi connectivity index (χ2n) is 7.64. The molecule has 0 saturated heterocycles. The number of hydrogen-bond donors (Lipinski definition) is 3. The summed E-state index contributed by atoms with van der Waals surface area (Å²) in [7, 11) is 0. The van der Waals surface area contributed by atoms with Crippen LogP contribution in [-0.2, 0) is 9.59 Å². The molecular formula is C25H25N3O3. The van der Waals surface area contributed by atoms with Gasteiger partial charge in [-0.25, -0.2) is 0 Å². The molecule has 6 heteroatoms. The Morgan fingerprint density at radius 1 is 0.871 bits per heavy atom. The highest BCUT2D eigenvalue weighted by Crippen LogP contribution is 2.31. The van der Waals surface area contributed by atoms with Gasteiger partial charge in [0.1, 0.15) is 11.5 Å². The summed E-state index contributed by atoms with van der Waals surface area (Å²) in [6, 6.07) is 22.4. The minimum absolute atomic E-state index is 0.0603. The zero-order valence-corrected chi connectivity index (χ0v) is 17.4. The van der Waals surface area contributed by atoms with Gasteiger partial charge in [0.05, 0.1) is 6.54 Å². The molecule has 0 aliphatic heterocycles. The molecule has 0 spiro atoms. The standard InChI is InChI=1S/C25H25N3O3/c1-17-10-13-20(28-25(30)18-11-12-18)15-23(17)26-16-24(29)27-19-6-5-9-22(14-19)31-21-7-3-2-4-8-21/h2-10,13-15,18,26H,11-12,16H2,1H3,(H,27,29)(H,28,30). The van der Waals surface area contributed by atoms with E-state index in [4.69, 9.17) is 4.74 Å². The predicted octanol–water partition coefficient (Wildman–Crippen LogP) is 5.19. The number of rotatable bonds is 8. The molecular weight excluding hydrogens is 390 g/mol. The number of benzene rings is 3. The van der Waals surface area contributed by atoms with Crippen LogP contribution in [0.1, 0.15) is 18.4 Å². The number of ether oxygens (including phenoxy) is 1. The van der Waals surface area contributed by atoms with Crippen molar-refractivity contribution in [2.24, 2.45) is 5.92 Å². The van der Waals surface area contributed by atoms with Crippen LogP contribution in [0.15, 0.2) is 72.8 Å². The van der Waals surface area contributed by atoms with E-state index in [2.05, 4.69) is 16.0 Å². The maximum atomic E-state index is 12.4. The van der Waals surface area contributed by atoms with E-state index in [1.165, 1.54) is 0 Å². The van der Waals surface area contributed by atoms with E-state index in [-0.39, 0.29) is 24.3 Å². The van der Waals surface area contributed by atoms with Gasteiger partial charge in [-0.2, -0.15) is 0 Å². The summed E-state index contributed by atoms with van der Waals surface area (Å²) >= 11 is 0. The Bertz CT molecular complexity index is 1080. The lowest BCUT2D eigenvalue weighted by atomic mass is 10.1. The monoisotopic (exact) mass is 415 g/mol. The lowest BCUT2D eigenvalue weighted by molar-refractivity contribution is -0.117. The third kappa shape index (κ3) is 5.85. The maximum absolute atomic E-state index is 12.4. The lowest BCUT2D eigenvalue weighted by Crippen LogP contribution is -2.22. The van der Waals surface area contributed by atoms with Crippen LogP contribution in [0.3, 0.4) is 0 Å². The van der Waals surface area contributed by atoms with E-state index in [0.717, 1.165) is 35.5 Å². The van der Waals surface area contributed by atoms with Gasteiger partial charge in [-0.1, -0.05) is 30.3 Å². The first-order valence-electron chi connectivity index (χ1n) is 10.3. The average Bonchev–Trinajstić information content (AvgIpc) is 3.61. The molecule has 0 aromatic heterocycles. The smallest absolute Gasteiger partial charge is 0.243 e. The molecule has 6 nitrogen and oxygen atoms in total. The van der Waals surface area contributed by atoms with Crippen LogP contribution >= 0.6 is 0 Å². The summed E-state index contributed by atoms with van der Waals surface area (Å²) < 4.78 is 5.81. The van der Waals surface area contributed by atoms with Crippen molar-refractivity contribution in [1.29, 1.82) is 0 Å². The molecule has 0 unspecified atom stereocenters. The van der Waals surface area contributed by atoms with E-state index in [1.807, 2.05) is 73.7 Å². The lowest BCUT2D eigenvalue weighted by Gasteiger charge is -2.13. The molecule has 3 aromatic carbocycles. The summed E-state index contributed by atoms with van der Waals surface area (Å²) in [5, 5.41) is 8.96. The normalized spacial score (nSPS) is 12.7. The molecule has 158 valence electrons. The largest absolute Gasteiger partial charge is 0.457 e.